The highest BCUT2D eigenvalue weighted by molar-refractivity contribution is 5.95. The third-order valence-corrected chi connectivity index (χ3v) is 3.75. The number of primary amides is 1. The van der Waals surface area contributed by atoms with E-state index in [4.69, 9.17) is 5.73 Å². The monoisotopic (exact) mass is 295 g/mol. The Hall–Kier alpha value is -2.51. The number of halogens is 1. The summed E-state index contributed by atoms with van der Waals surface area (Å²) in [5.74, 6) is -2.04. The van der Waals surface area contributed by atoms with Gasteiger partial charge in [0.05, 0.1) is 10.3 Å². The smallest absolute Gasteiger partial charge is 0.304 e. The van der Waals surface area contributed by atoms with Crippen LogP contribution in [0, 0.1) is 21.3 Å². The number of hydrogen-bond donors (Lipinski definition) is 1. The van der Waals surface area contributed by atoms with Gasteiger partial charge in [-0.25, -0.2) is 0 Å². The summed E-state index contributed by atoms with van der Waals surface area (Å²) in [6, 6.07) is 2.98. The van der Waals surface area contributed by atoms with Gasteiger partial charge in [0, 0.05) is 24.7 Å². The number of likely N-dealkylation sites (tertiary alicyclic amines) is 1. The number of benzene rings is 1. The molecule has 1 atom stereocenters. The molecule has 7 nitrogen and oxygen atoms in total. The molecule has 1 saturated heterocycles. The highest BCUT2D eigenvalue weighted by atomic mass is 19.1. The van der Waals surface area contributed by atoms with Crippen LogP contribution in [0.2, 0.25) is 0 Å². The van der Waals surface area contributed by atoms with Gasteiger partial charge in [0.1, 0.15) is 0 Å². The van der Waals surface area contributed by atoms with Crippen LogP contribution in [0.15, 0.2) is 18.2 Å². The lowest BCUT2D eigenvalue weighted by molar-refractivity contribution is -0.387. The highest BCUT2D eigenvalue weighted by Gasteiger charge is 2.40. The summed E-state index contributed by atoms with van der Waals surface area (Å²) in [5.41, 5.74) is 3.82. The second-order valence-electron chi connectivity index (χ2n) is 5.32. The minimum Gasteiger partial charge on any atom is -0.369 e. The Morgan fingerprint density at radius 2 is 2.14 bits per heavy atom. The highest BCUT2D eigenvalue weighted by Crippen LogP contribution is 2.30. The molecule has 0 saturated carbocycles. The number of hydrogen-bond acceptors (Lipinski definition) is 4. The molecule has 1 aliphatic heterocycles. The lowest BCUT2D eigenvalue weighted by Gasteiger charge is -2.21. The lowest BCUT2D eigenvalue weighted by atomic mass is 9.89. The van der Waals surface area contributed by atoms with E-state index in [1.807, 2.05) is 0 Å². The first-order valence-electron chi connectivity index (χ1n) is 6.28. The summed E-state index contributed by atoms with van der Waals surface area (Å²) in [6.45, 7) is 2.15. The molecule has 1 aromatic rings. The molecule has 2 rings (SSSR count). The third-order valence-electron chi connectivity index (χ3n) is 3.75. The summed E-state index contributed by atoms with van der Waals surface area (Å²) in [5, 5.41) is 10.5. The number of nitro benzene ring substituents is 1. The first-order chi connectivity index (χ1) is 9.74. The number of nitro groups is 1. The molecule has 1 fully saturated rings. The van der Waals surface area contributed by atoms with Gasteiger partial charge >= 0.3 is 5.69 Å². The number of nitrogens with two attached hydrogens (primary N) is 1. The Labute approximate surface area is 119 Å². The van der Waals surface area contributed by atoms with Crippen LogP contribution in [0.3, 0.4) is 0 Å². The second kappa shape index (κ2) is 5.12. The van der Waals surface area contributed by atoms with E-state index < -0.39 is 33.7 Å². The van der Waals surface area contributed by atoms with E-state index >= 15 is 0 Å². The van der Waals surface area contributed by atoms with E-state index in [-0.39, 0.29) is 12.1 Å². The van der Waals surface area contributed by atoms with Crippen molar-refractivity contribution >= 4 is 17.5 Å². The fourth-order valence-corrected chi connectivity index (χ4v) is 2.31. The molecule has 2 N–H and O–H groups in total. The van der Waals surface area contributed by atoms with E-state index in [0.717, 1.165) is 12.1 Å². The topological polar surface area (TPSA) is 107 Å². The van der Waals surface area contributed by atoms with Gasteiger partial charge in [0.25, 0.3) is 5.91 Å². The molecule has 0 radical (unpaired) electrons. The zero-order valence-electron chi connectivity index (χ0n) is 11.3. The SMILES string of the molecule is CC1(C(N)=O)CCN(C(=O)c2ccc([N+](=O)[O-])c(F)c2)C1. The Morgan fingerprint density at radius 1 is 1.48 bits per heavy atom. The first-order valence-corrected chi connectivity index (χ1v) is 6.28. The molecule has 8 heteroatoms. The quantitative estimate of drug-likeness (QED) is 0.664. The van der Waals surface area contributed by atoms with Crippen LogP contribution in [-0.4, -0.2) is 34.7 Å². The molecule has 21 heavy (non-hydrogen) atoms. The van der Waals surface area contributed by atoms with Gasteiger partial charge in [0.15, 0.2) is 0 Å². The number of carbonyl (C=O) groups is 2. The lowest BCUT2D eigenvalue weighted by Crippen LogP contribution is -2.38. The van der Waals surface area contributed by atoms with Crippen LogP contribution in [0.1, 0.15) is 23.7 Å². The van der Waals surface area contributed by atoms with E-state index in [2.05, 4.69) is 0 Å². The maximum absolute atomic E-state index is 13.5. The number of rotatable bonds is 3. The predicted molar refractivity (Wildman–Crippen MR) is 70.9 cm³/mol. The van der Waals surface area contributed by atoms with Gasteiger partial charge in [-0.1, -0.05) is 0 Å². The van der Waals surface area contributed by atoms with Gasteiger partial charge in [-0.05, 0) is 25.5 Å². The Bertz CT molecular complexity index is 634. The predicted octanol–water partition coefficient (Wildman–Crippen LogP) is 1.07. The molecule has 1 heterocycles. The third kappa shape index (κ3) is 2.69. The Balaban J connectivity index is 2.20. The van der Waals surface area contributed by atoms with Crippen molar-refractivity contribution < 1.29 is 18.9 Å². The van der Waals surface area contributed by atoms with Gasteiger partial charge < -0.3 is 10.6 Å². The van der Waals surface area contributed by atoms with E-state index in [1.165, 1.54) is 11.0 Å². The van der Waals surface area contributed by atoms with Crippen molar-refractivity contribution in [1.29, 1.82) is 0 Å². The molecular weight excluding hydrogens is 281 g/mol. The molecular formula is C13H14FN3O4. The van der Waals surface area contributed by atoms with Crippen molar-refractivity contribution in [3.05, 3.63) is 39.7 Å². The average molecular weight is 295 g/mol. The van der Waals surface area contributed by atoms with Gasteiger partial charge in [0.2, 0.25) is 11.7 Å². The normalized spacial score (nSPS) is 21.3. The van der Waals surface area contributed by atoms with Crippen LogP contribution < -0.4 is 5.73 Å². The second-order valence-corrected chi connectivity index (χ2v) is 5.32. The molecule has 1 aromatic carbocycles. The molecule has 1 unspecified atom stereocenters. The molecule has 0 bridgehead atoms. The summed E-state index contributed by atoms with van der Waals surface area (Å²) >= 11 is 0. The summed E-state index contributed by atoms with van der Waals surface area (Å²) in [7, 11) is 0. The zero-order valence-corrected chi connectivity index (χ0v) is 11.3. The zero-order chi connectivity index (χ0) is 15.8. The molecule has 1 aliphatic rings. The van der Waals surface area contributed by atoms with Crippen LogP contribution >= 0.6 is 0 Å². The minimum atomic E-state index is -1.07. The maximum atomic E-state index is 13.5. The van der Waals surface area contributed by atoms with E-state index in [1.54, 1.807) is 6.92 Å². The fourth-order valence-electron chi connectivity index (χ4n) is 2.31. The van der Waals surface area contributed by atoms with Crippen LogP contribution in [0.5, 0.6) is 0 Å². The minimum absolute atomic E-state index is 0.00632. The average Bonchev–Trinajstić information content (AvgIpc) is 2.81. The standard InChI is InChI=1S/C13H14FN3O4/c1-13(12(15)19)4-5-16(7-13)11(18)8-2-3-10(17(20)21)9(14)6-8/h2-3,6H,4-5,7H2,1H3,(H2,15,19). The largest absolute Gasteiger partial charge is 0.369 e. The maximum Gasteiger partial charge on any atom is 0.304 e. The van der Waals surface area contributed by atoms with Gasteiger partial charge in [-0.3, -0.25) is 19.7 Å². The van der Waals surface area contributed by atoms with Crippen molar-refractivity contribution in [3.8, 4) is 0 Å². The van der Waals surface area contributed by atoms with Crippen molar-refractivity contribution in [2.45, 2.75) is 13.3 Å². The van der Waals surface area contributed by atoms with Crippen LogP contribution in [0.4, 0.5) is 10.1 Å². The van der Waals surface area contributed by atoms with Crippen LogP contribution in [-0.2, 0) is 4.79 Å². The number of nitrogens with zero attached hydrogens (tertiary/aromatic N) is 2. The first kappa shape index (κ1) is 14.9. The summed E-state index contributed by atoms with van der Waals surface area (Å²) in [6.07, 6.45) is 0.434. The molecule has 0 aliphatic carbocycles. The van der Waals surface area contributed by atoms with E-state index in [0.29, 0.717) is 13.0 Å². The molecule has 112 valence electrons. The van der Waals surface area contributed by atoms with Crippen molar-refractivity contribution in [2.24, 2.45) is 11.1 Å². The van der Waals surface area contributed by atoms with Gasteiger partial charge in [-0.15, -0.1) is 0 Å². The fraction of sp³-hybridized carbons (Fsp3) is 0.385. The number of amides is 2. The van der Waals surface area contributed by atoms with Crippen LogP contribution in [0.25, 0.3) is 0 Å². The van der Waals surface area contributed by atoms with Crippen molar-refractivity contribution in [3.63, 3.8) is 0 Å². The Morgan fingerprint density at radius 3 is 2.62 bits per heavy atom. The van der Waals surface area contributed by atoms with Crippen molar-refractivity contribution in [1.82, 2.24) is 4.90 Å². The molecule has 0 aromatic heterocycles. The molecule has 0 spiro atoms. The van der Waals surface area contributed by atoms with Gasteiger partial charge in [-0.2, -0.15) is 4.39 Å². The molecule has 2 amide bonds. The summed E-state index contributed by atoms with van der Waals surface area (Å²) in [4.78, 5) is 34.7. The van der Waals surface area contributed by atoms with Crippen molar-refractivity contribution in [2.75, 3.05) is 13.1 Å². The van der Waals surface area contributed by atoms with E-state index in [9.17, 15) is 24.1 Å². The number of carbonyl (C=O) groups excluding carboxylic acids is 2. The summed E-state index contributed by atoms with van der Waals surface area (Å²) < 4.78 is 13.5. The Kier molecular flexibility index (Phi) is 3.63.